The van der Waals surface area contributed by atoms with Crippen molar-refractivity contribution < 1.29 is 18.0 Å². The van der Waals surface area contributed by atoms with Gasteiger partial charge in [0.1, 0.15) is 4.88 Å². The molecule has 2 aromatic rings. The van der Waals surface area contributed by atoms with Gasteiger partial charge in [-0.3, -0.25) is 13.9 Å². The van der Waals surface area contributed by atoms with E-state index in [1.807, 2.05) is 12.1 Å². The average Bonchev–Trinajstić information content (AvgIpc) is 3.23. The predicted octanol–water partition coefficient (Wildman–Crippen LogP) is 2.44. The Labute approximate surface area is 175 Å². The summed E-state index contributed by atoms with van der Waals surface area (Å²) in [6.45, 7) is 3.91. The molecule has 1 saturated heterocycles. The van der Waals surface area contributed by atoms with Gasteiger partial charge in [-0.15, -0.1) is 11.3 Å². The van der Waals surface area contributed by atoms with E-state index in [0.29, 0.717) is 36.7 Å². The molecule has 1 aliphatic rings. The summed E-state index contributed by atoms with van der Waals surface area (Å²) in [5.41, 5.74) is 1.46. The van der Waals surface area contributed by atoms with Crippen molar-refractivity contribution in [3.05, 3.63) is 46.2 Å². The topological polar surface area (TPSA) is 78.0 Å². The summed E-state index contributed by atoms with van der Waals surface area (Å²) in [4.78, 5) is 27.7. The summed E-state index contributed by atoms with van der Waals surface area (Å²) in [6, 6.07) is 8.54. The van der Waals surface area contributed by atoms with Gasteiger partial charge in [-0.25, -0.2) is 8.42 Å². The number of benzene rings is 1. The zero-order valence-corrected chi connectivity index (χ0v) is 18.2. The Bertz CT molecular complexity index is 962. The van der Waals surface area contributed by atoms with Crippen LogP contribution in [0.5, 0.6) is 0 Å². The second kappa shape index (κ2) is 8.96. The maximum Gasteiger partial charge on any atom is 0.266 e. The number of piperazine rings is 1. The molecule has 9 heteroatoms. The standard InChI is InChI=1S/C20H25N3O4S2/c1-3-4-16-5-7-17(8-6-16)29(26,27)21(2)18-9-14-28-19(18)20(25)23-12-10-22(15-24)11-13-23/h5-9,14-15H,3-4,10-13H2,1-2H3. The summed E-state index contributed by atoms with van der Waals surface area (Å²) in [7, 11) is -2.31. The number of thiophene rings is 1. The zero-order valence-electron chi connectivity index (χ0n) is 16.6. The van der Waals surface area contributed by atoms with Crippen molar-refractivity contribution in [2.75, 3.05) is 37.5 Å². The first-order chi connectivity index (χ1) is 13.9. The number of rotatable bonds is 7. The van der Waals surface area contributed by atoms with Gasteiger partial charge in [0, 0.05) is 33.2 Å². The maximum atomic E-state index is 13.1. The van der Waals surface area contributed by atoms with Gasteiger partial charge in [0.25, 0.3) is 15.9 Å². The number of sulfonamides is 1. The molecule has 0 saturated carbocycles. The number of anilines is 1. The van der Waals surface area contributed by atoms with E-state index < -0.39 is 10.0 Å². The highest BCUT2D eigenvalue weighted by atomic mass is 32.2. The van der Waals surface area contributed by atoms with Gasteiger partial charge in [-0.05, 0) is 35.6 Å². The molecule has 7 nitrogen and oxygen atoms in total. The molecule has 1 aromatic heterocycles. The van der Waals surface area contributed by atoms with E-state index in [0.717, 1.165) is 24.8 Å². The van der Waals surface area contributed by atoms with Gasteiger partial charge < -0.3 is 9.80 Å². The van der Waals surface area contributed by atoms with Crippen LogP contribution in [0.2, 0.25) is 0 Å². The van der Waals surface area contributed by atoms with Crippen LogP contribution in [0.3, 0.4) is 0 Å². The minimum absolute atomic E-state index is 0.198. The first kappa shape index (κ1) is 21.3. The van der Waals surface area contributed by atoms with E-state index in [2.05, 4.69) is 6.92 Å². The third-order valence-corrected chi connectivity index (χ3v) is 7.73. The van der Waals surface area contributed by atoms with Crippen LogP contribution >= 0.6 is 11.3 Å². The molecule has 2 amide bonds. The van der Waals surface area contributed by atoms with E-state index in [9.17, 15) is 18.0 Å². The number of carbonyl (C=O) groups excluding carboxylic acids is 2. The van der Waals surface area contributed by atoms with E-state index in [-0.39, 0.29) is 10.8 Å². The Hall–Kier alpha value is -2.39. The molecule has 3 rings (SSSR count). The summed E-state index contributed by atoms with van der Waals surface area (Å²) in [5.74, 6) is -0.208. The molecule has 1 aliphatic heterocycles. The lowest BCUT2D eigenvalue weighted by atomic mass is 10.1. The molecule has 156 valence electrons. The van der Waals surface area contributed by atoms with Gasteiger partial charge in [0.2, 0.25) is 6.41 Å². The number of nitrogens with zero attached hydrogens (tertiary/aromatic N) is 3. The zero-order chi connectivity index (χ0) is 21.0. The van der Waals surface area contributed by atoms with Crippen LogP contribution in [0.15, 0.2) is 40.6 Å². The molecule has 1 fully saturated rings. The van der Waals surface area contributed by atoms with Crippen molar-refractivity contribution in [1.29, 1.82) is 0 Å². The van der Waals surface area contributed by atoms with Crippen LogP contribution in [0.4, 0.5) is 5.69 Å². The number of amides is 2. The van der Waals surface area contributed by atoms with E-state index in [1.54, 1.807) is 33.4 Å². The Morgan fingerprint density at radius 1 is 1.14 bits per heavy atom. The molecule has 0 aliphatic carbocycles. The number of carbonyl (C=O) groups is 2. The minimum Gasteiger partial charge on any atom is -0.342 e. The Balaban J connectivity index is 1.81. The van der Waals surface area contributed by atoms with Gasteiger partial charge in [0.15, 0.2) is 0 Å². The quantitative estimate of drug-likeness (QED) is 0.626. The smallest absolute Gasteiger partial charge is 0.266 e. The monoisotopic (exact) mass is 435 g/mol. The van der Waals surface area contributed by atoms with Crippen molar-refractivity contribution in [2.24, 2.45) is 0 Å². The summed E-state index contributed by atoms with van der Waals surface area (Å²) in [5, 5.41) is 1.72. The van der Waals surface area contributed by atoms with E-state index in [1.165, 1.54) is 22.7 Å². The highest BCUT2D eigenvalue weighted by Crippen LogP contribution is 2.31. The third-order valence-electron chi connectivity index (χ3n) is 5.05. The summed E-state index contributed by atoms with van der Waals surface area (Å²) < 4.78 is 27.4. The average molecular weight is 436 g/mol. The van der Waals surface area contributed by atoms with Gasteiger partial charge in [-0.2, -0.15) is 0 Å². The molecule has 0 radical (unpaired) electrons. The molecule has 2 heterocycles. The lowest BCUT2D eigenvalue weighted by molar-refractivity contribution is -0.119. The van der Waals surface area contributed by atoms with Crippen molar-refractivity contribution in [2.45, 2.75) is 24.7 Å². The minimum atomic E-state index is -3.78. The molecular formula is C20H25N3O4S2. The van der Waals surface area contributed by atoms with Crippen LogP contribution in [0.25, 0.3) is 0 Å². The third kappa shape index (κ3) is 4.45. The van der Waals surface area contributed by atoms with E-state index in [4.69, 9.17) is 0 Å². The number of aryl methyl sites for hydroxylation is 1. The Kier molecular flexibility index (Phi) is 6.59. The van der Waals surface area contributed by atoms with E-state index >= 15 is 0 Å². The predicted molar refractivity (Wildman–Crippen MR) is 114 cm³/mol. The van der Waals surface area contributed by atoms with Crippen molar-refractivity contribution in [1.82, 2.24) is 9.80 Å². The maximum absolute atomic E-state index is 13.1. The molecular weight excluding hydrogens is 410 g/mol. The SMILES string of the molecule is CCCc1ccc(S(=O)(=O)N(C)c2ccsc2C(=O)N2CCN(C=O)CC2)cc1. The first-order valence-electron chi connectivity index (χ1n) is 9.52. The first-order valence-corrected chi connectivity index (χ1v) is 11.8. The number of hydrogen-bond donors (Lipinski definition) is 0. The van der Waals surface area contributed by atoms with Crippen molar-refractivity contribution >= 4 is 39.4 Å². The molecule has 0 spiro atoms. The fourth-order valence-corrected chi connectivity index (χ4v) is 5.44. The fourth-order valence-electron chi connectivity index (χ4n) is 3.29. The Morgan fingerprint density at radius 2 is 1.79 bits per heavy atom. The molecule has 0 bridgehead atoms. The lowest BCUT2D eigenvalue weighted by Crippen LogP contribution is -2.48. The van der Waals surface area contributed by atoms with Crippen molar-refractivity contribution in [3.8, 4) is 0 Å². The van der Waals surface area contributed by atoms with Crippen LogP contribution in [0, 0.1) is 0 Å². The van der Waals surface area contributed by atoms with Crippen LogP contribution in [-0.2, 0) is 21.2 Å². The van der Waals surface area contributed by atoms with Crippen LogP contribution in [0.1, 0.15) is 28.6 Å². The summed E-state index contributed by atoms with van der Waals surface area (Å²) >= 11 is 1.23. The second-order valence-electron chi connectivity index (χ2n) is 6.94. The van der Waals surface area contributed by atoms with Gasteiger partial charge in [-0.1, -0.05) is 25.5 Å². The van der Waals surface area contributed by atoms with Gasteiger partial charge in [0.05, 0.1) is 10.6 Å². The molecule has 0 unspecified atom stereocenters. The Morgan fingerprint density at radius 3 is 2.38 bits per heavy atom. The fraction of sp³-hybridized carbons (Fsp3) is 0.400. The second-order valence-corrected chi connectivity index (χ2v) is 9.82. The number of hydrogen-bond acceptors (Lipinski definition) is 5. The molecule has 0 atom stereocenters. The van der Waals surface area contributed by atoms with Crippen LogP contribution < -0.4 is 4.31 Å². The lowest BCUT2D eigenvalue weighted by Gasteiger charge is -2.32. The van der Waals surface area contributed by atoms with Gasteiger partial charge >= 0.3 is 0 Å². The molecule has 29 heavy (non-hydrogen) atoms. The molecule has 0 N–H and O–H groups in total. The highest BCUT2D eigenvalue weighted by molar-refractivity contribution is 7.92. The summed E-state index contributed by atoms with van der Waals surface area (Å²) in [6.07, 6.45) is 2.68. The van der Waals surface area contributed by atoms with Crippen LogP contribution in [-0.4, -0.2) is 63.8 Å². The largest absolute Gasteiger partial charge is 0.342 e. The highest BCUT2D eigenvalue weighted by Gasteiger charge is 2.29. The molecule has 1 aromatic carbocycles. The van der Waals surface area contributed by atoms with Crippen molar-refractivity contribution in [3.63, 3.8) is 0 Å². The normalized spacial score (nSPS) is 14.7.